The average Bonchev–Trinajstić information content (AvgIpc) is 2.48. The van der Waals surface area contributed by atoms with Crippen molar-refractivity contribution in [3.8, 4) is 0 Å². The number of carbonyl (C=O) groups excluding carboxylic acids is 2. The number of esters is 1. The first-order valence-corrected chi connectivity index (χ1v) is 8.53. The van der Waals surface area contributed by atoms with Crippen LogP contribution in [0.5, 0.6) is 0 Å². The topological polar surface area (TPSA) is 84.9 Å². The van der Waals surface area contributed by atoms with Crippen LogP contribution in [-0.4, -0.2) is 42.0 Å². The Hall–Kier alpha value is -1.30. The minimum atomic E-state index is -0.565. The summed E-state index contributed by atoms with van der Waals surface area (Å²) in [5.74, 6) is -0.0210. The van der Waals surface area contributed by atoms with Crippen LogP contribution in [0.4, 0.5) is 4.79 Å². The van der Waals surface area contributed by atoms with E-state index in [4.69, 9.17) is 9.47 Å². The highest BCUT2D eigenvalue weighted by Gasteiger charge is 2.32. The first kappa shape index (κ1) is 19.7. The zero-order chi connectivity index (χ0) is 17.5. The van der Waals surface area contributed by atoms with Crippen molar-refractivity contribution in [2.24, 2.45) is 11.8 Å². The number of aliphatic hydroxyl groups excluding tert-OH is 1. The summed E-state index contributed by atoms with van der Waals surface area (Å²) in [6.07, 6.45) is 3.35. The highest BCUT2D eigenvalue weighted by Crippen LogP contribution is 2.31. The van der Waals surface area contributed by atoms with Gasteiger partial charge < -0.3 is 19.9 Å². The van der Waals surface area contributed by atoms with Gasteiger partial charge in [-0.1, -0.05) is 6.92 Å². The van der Waals surface area contributed by atoms with Gasteiger partial charge in [0.15, 0.2) is 0 Å². The maximum atomic E-state index is 11.9. The van der Waals surface area contributed by atoms with E-state index in [1.165, 1.54) is 0 Å². The Bertz CT molecular complexity index is 389. The number of ether oxygens (including phenoxy) is 2. The van der Waals surface area contributed by atoms with E-state index in [-0.39, 0.29) is 31.9 Å². The van der Waals surface area contributed by atoms with Gasteiger partial charge in [-0.2, -0.15) is 0 Å². The molecule has 0 heterocycles. The van der Waals surface area contributed by atoms with Crippen LogP contribution in [-0.2, 0) is 14.3 Å². The van der Waals surface area contributed by atoms with Gasteiger partial charge in [0.25, 0.3) is 0 Å². The quantitative estimate of drug-likeness (QED) is 0.731. The molecule has 1 aliphatic rings. The number of rotatable bonds is 6. The van der Waals surface area contributed by atoms with Crippen LogP contribution in [0.3, 0.4) is 0 Å². The minimum Gasteiger partial charge on any atom is -0.465 e. The highest BCUT2D eigenvalue weighted by molar-refractivity contribution is 5.72. The Balaban J connectivity index is 0.00000529. The van der Waals surface area contributed by atoms with Gasteiger partial charge in [0.1, 0.15) is 5.60 Å². The molecule has 0 aromatic carbocycles. The maximum Gasteiger partial charge on any atom is 0.407 e. The standard InChI is InChI=1S/C17H31NO5.H2/c1-5-10-22-15(20)13-8-6-12(7-9-13)14(11-19)18-16(21)23-17(2,3)4;/h12-14,19H,5-11H2,1-4H3,(H,18,21);1H/t12?,13?,14-;/m1./s1. The van der Waals surface area contributed by atoms with Crippen molar-refractivity contribution in [1.29, 1.82) is 0 Å². The van der Waals surface area contributed by atoms with Crippen molar-refractivity contribution < 1.29 is 25.6 Å². The average molecular weight is 331 g/mol. The van der Waals surface area contributed by atoms with Gasteiger partial charge in [0.2, 0.25) is 0 Å². The molecule has 1 rings (SSSR count). The van der Waals surface area contributed by atoms with E-state index in [0.29, 0.717) is 6.61 Å². The number of amides is 1. The first-order chi connectivity index (χ1) is 10.8. The SMILES string of the molecule is CCCOC(=O)C1CCC([C@@H](CO)NC(=O)OC(C)(C)C)CC1.[HH]. The molecule has 0 radical (unpaired) electrons. The van der Waals surface area contributed by atoms with Gasteiger partial charge >= 0.3 is 12.1 Å². The number of alkyl carbamates (subject to hydrolysis) is 1. The minimum absolute atomic E-state index is 0. The molecule has 23 heavy (non-hydrogen) atoms. The Morgan fingerprint density at radius 1 is 1.26 bits per heavy atom. The summed E-state index contributed by atoms with van der Waals surface area (Å²) < 4.78 is 10.4. The molecule has 1 aliphatic carbocycles. The van der Waals surface area contributed by atoms with Crippen molar-refractivity contribution >= 4 is 12.1 Å². The zero-order valence-electron chi connectivity index (χ0n) is 14.8. The Labute approximate surface area is 140 Å². The summed E-state index contributed by atoms with van der Waals surface area (Å²) >= 11 is 0. The number of carbonyl (C=O) groups is 2. The predicted octanol–water partition coefficient (Wildman–Crippen LogP) is 2.88. The normalized spacial score (nSPS) is 23.0. The highest BCUT2D eigenvalue weighted by atomic mass is 16.6. The molecule has 6 heteroatoms. The monoisotopic (exact) mass is 331 g/mol. The molecule has 1 saturated carbocycles. The van der Waals surface area contributed by atoms with Crippen molar-refractivity contribution in [3.05, 3.63) is 0 Å². The van der Waals surface area contributed by atoms with E-state index < -0.39 is 11.7 Å². The molecule has 0 aliphatic heterocycles. The lowest BCUT2D eigenvalue weighted by Crippen LogP contribution is -2.46. The summed E-state index contributed by atoms with van der Waals surface area (Å²) in [4.78, 5) is 23.7. The summed E-state index contributed by atoms with van der Waals surface area (Å²) in [6, 6.07) is -0.336. The fraction of sp³-hybridized carbons (Fsp3) is 0.882. The summed E-state index contributed by atoms with van der Waals surface area (Å²) in [7, 11) is 0. The molecule has 1 atom stereocenters. The third-order valence-electron chi connectivity index (χ3n) is 4.02. The van der Waals surface area contributed by atoms with Crippen LogP contribution >= 0.6 is 0 Å². The largest absolute Gasteiger partial charge is 0.465 e. The van der Waals surface area contributed by atoms with Gasteiger partial charge in [-0.05, 0) is 58.8 Å². The summed E-state index contributed by atoms with van der Waals surface area (Å²) in [6.45, 7) is 7.71. The second kappa shape index (κ2) is 9.11. The molecule has 0 spiro atoms. The number of aliphatic hydroxyl groups is 1. The molecule has 0 aromatic heterocycles. The van der Waals surface area contributed by atoms with E-state index in [9.17, 15) is 14.7 Å². The third-order valence-corrected chi connectivity index (χ3v) is 4.02. The van der Waals surface area contributed by atoms with Crippen LogP contribution in [0.1, 0.15) is 61.2 Å². The van der Waals surface area contributed by atoms with Gasteiger partial charge in [-0.3, -0.25) is 4.79 Å². The summed E-state index contributed by atoms with van der Waals surface area (Å²) in [5, 5.41) is 12.3. The van der Waals surface area contributed by atoms with Crippen molar-refractivity contribution in [2.45, 2.75) is 71.4 Å². The molecule has 0 bridgehead atoms. The van der Waals surface area contributed by atoms with Gasteiger partial charge in [-0.25, -0.2) is 4.79 Å². The molecule has 2 N–H and O–H groups in total. The van der Waals surface area contributed by atoms with Gasteiger partial charge in [0.05, 0.1) is 25.2 Å². The molecule has 0 aromatic rings. The van der Waals surface area contributed by atoms with Crippen LogP contribution in [0.15, 0.2) is 0 Å². The van der Waals surface area contributed by atoms with Crippen LogP contribution in [0.25, 0.3) is 0 Å². The number of hydrogen-bond donors (Lipinski definition) is 2. The smallest absolute Gasteiger partial charge is 0.407 e. The number of nitrogens with one attached hydrogen (secondary N) is 1. The molecular formula is C17H33NO5. The fourth-order valence-electron chi connectivity index (χ4n) is 2.85. The molecule has 136 valence electrons. The fourth-order valence-corrected chi connectivity index (χ4v) is 2.85. The lowest BCUT2D eigenvalue weighted by molar-refractivity contribution is -0.150. The molecule has 1 amide bonds. The molecule has 1 fully saturated rings. The lowest BCUT2D eigenvalue weighted by atomic mass is 9.78. The second-order valence-corrected chi connectivity index (χ2v) is 7.21. The van der Waals surface area contributed by atoms with E-state index in [2.05, 4.69) is 5.32 Å². The van der Waals surface area contributed by atoms with E-state index in [1.807, 2.05) is 6.92 Å². The number of hydrogen-bond acceptors (Lipinski definition) is 5. The lowest BCUT2D eigenvalue weighted by Gasteiger charge is -2.33. The van der Waals surface area contributed by atoms with Crippen LogP contribution in [0.2, 0.25) is 0 Å². The van der Waals surface area contributed by atoms with Crippen LogP contribution < -0.4 is 5.32 Å². The second-order valence-electron chi connectivity index (χ2n) is 7.21. The van der Waals surface area contributed by atoms with E-state index in [1.54, 1.807) is 20.8 Å². The Morgan fingerprint density at radius 2 is 1.87 bits per heavy atom. The first-order valence-electron chi connectivity index (χ1n) is 8.53. The van der Waals surface area contributed by atoms with Gasteiger partial charge in [0, 0.05) is 1.43 Å². The Kier molecular flexibility index (Phi) is 7.82. The van der Waals surface area contributed by atoms with Gasteiger partial charge in [-0.15, -0.1) is 0 Å². The van der Waals surface area contributed by atoms with Crippen molar-refractivity contribution in [2.75, 3.05) is 13.2 Å². The maximum absolute atomic E-state index is 11.9. The summed E-state index contributed by atoms with van der Waals surface area (Å²) in [5.41, 5.74) is -0.565. The van der Waals surface area contributed by atoms with Crippen molar-refractivity contribution in [3.63, 3.8) is 0 Å². The predicted molar refractivity (Wildman–Crippen MR) is 89.1 cm³/mol. The van der Waals surface area contributed by atoms with Crippen molar-refractivity contribution in [1.82, 2.24) is 5.32 Å². The molecular weight excluding hydrogens is 298 g/mol. The Morgan fingerprint density at radius 3 is 2.35 bits per heavy atom. The molecule has 0 saturated heterocycles. The van der Waals surface area contributed by atoms with E-state index >= 15 is 0 Å². The van der Waals surface area contributed by atoms with Crippen LogP contribution in [0, 0.1) is 11.8 Å². The molecule has 6 nitrogen and oxygen atoms in total. The van der Waals surface area contributed by atoms with E-state index in [0.717, 1.165) is 32.1 Å². The zero-order valence-corrected chi connectivity index (χ0v) is 14.8. The molecule has 0 unspecified atom stereocenters. The third kappa shape index (κ3) is 7.20.